The van der Waals surface area contributed by atoms with Gasteiger partial charge in [0.25, 0.3) is 0 Å². The number of hydrogen-bond acceptors (Lipinski definition) is 6. The summed E-state index contributed by atoms with van der Waals surface area (Å²) in [6.07, 6.45) is 29.6. The monoisotopic (exact) mass is 612 g/mol. The number of carbonyl (C=O) groups is 1. The Morgan fingerprint density at radius 1 is 0.786 bits per heavy atom. The number of amides is 1. The molecule has 0 fully saturated rings. The number of methoxy groups -OCH3 is 1. The molecule has 0 saturated heterocycles. The fraction of sp³-hybridized carbons (Fsp3) is 0.914. The van der Waals surface area contributed by atoms with Gasteiger partial charge in [0.05, 0.1) is 12.5 Å². The molecule has 42 heavy (non-hydrogen) atoms. The summed E-state index contributed by atoms with van der Waals surface area (Å²) in [5.74, 6) is 1.11. The first-order valence-corrected chi connectivity index (χ1v) is 18.6. The lowest BCUT2D eigenvalue weighted by atomic mass is 10.0. The van der Waals surface area contributed by atoms with E-state index in [1.54, 1.807) is 12.0 Å². The van der Waals surface area contributed by atoms with Crippen molar-refractivity contribution in [2.45, 2.75) is 154 Å². The molecule has 1 rings (SSSR count). The van der Waals surface area contributed by atoms with Crippen LogP contribution in [0.4, 0.5) is 4.79 Å². The number of thioether (sulfide) groups is 1. The maximum Gasteiger partial charge on any atom is 0.409 e. The molecule has 1 heterocycles. The fourth-order valence-electron chi connectivity index (χ4n) is 5.26. The third kappa shape index (κ3) is 22.6. The summed E-state index contributed by atoms with van der Waals surface area (Å²) in [6, 6.07) is 0. The van der Waals surface area contributed by atoms with Crippen LogP contribution in [0, 0.1) is 0 Å². The van der Waals surface area contributed by atoms with Gasteiger partial charge in [0.1, 0.15) is 12.2 Å². The number of nitrogens with zero attached hydrogens (tertiary/aromatic N) is 2. The first-order chi connectivity index (χ1) is 20.5. The van der Waals surface area contributed by atoms with Gasteiger partial charge < -0.3 is 24.0 Å². The van der Waals surface area contributed by atoms with Gasteiger partial charge in [-0.3, -0.25) is 0 Å². The van der Waals surface area contributed by atoms with Crippen LogP contribution in [0.25, 0.3) is 0 Å². The molecule has 0 N–H and O–H groups in total. The molecule has 1 aliphatic heterocycles. The Labute approximate surface area is 265 Å². The molecular weight excluding hydrogens is 544 g/mol. The fourth-order valence-corrected chi connectivity index (χ4v) is 6.01. The Hall–Kier alpha value is -0.920. The third-order valence-electron chi connectivity index (χ3n) is 8.40. The van der Waals surface area contributed by atoms with Crippen molar-refractivity contribution < 1.29 is 19.0 Å². The highest BCUT2D eigenvalue weighted by Gasteiger charge is 2.27. The lowest BCUT2D eigenvalue weighted by Crippen LogP contribution is -2.41. The van der Waals surface area contributed by atoms with Crippen molar-refractivity contribution in [3.63, 3.8) is 0 Å². The highest BCUT2D eigenvalue weighted by Crippen LogP contribution is 2.17. The summed E-state index contributed by atoms with van der Waals surface area (Å²) in [7, 11) is 3.49. The van der Waals surface area contributed by atoms with E-state index in [-0.39, 0.29) is 12.7 Å². The van der Waals surface area contributed by atoms with Gasteiger partial charge in [0, 0.05) is 40.1 Å². The second-order valence-electron chi connectivity index (χ2n) is 12.6. The van der Waals surface area contributed by atoms with Gasteiger partial charge in [-0.15, -0.1) is 11.8 Å². The first kappa shape index (κ1) is 39.1. The van der Waals surface area contributed by atoms with Crippen LogP contribution in [0.5, 0.6) is 0 Å². The lowest BCUT2D eigenvalue weighted by Gasteiger charge is -2.28. The van der Waals surface area contributed by atoms with Gasteiger partial charge in [0.15, 0.2) is 0 Å². The summed E-state index contributed by atoms with van der Waals surface area (Å²) in [5, 5.41) is 2.17. The minimum atomic E-state index is -0.619. The Morgan fingerprint density at radius 2 is 1.31 bits per heavy atom. The number of unbranched alkanes of at least 4 members (excludes halogenated alkanes) is 19. The SMILES string of the molecule is CCCCCCCCCCCCCCCCCCN(C)C(=O)OCC(C)(COCCCCCCCN1C=CSC1)OC. The average Bonchev–Trinajstić information content (AvgIpc) is 3.52. The summed E-state index contributed by atoms with van der Waals surface area (Å²) in [6.45, 7) is 7.49. The van der Waals surface area contributed by atoms with E-state index < -0.39 is 5.60 Å². The summed E-state index contributed by atoms with van der Waals surface area (Å²) >= 11 is 1.87. The standard InChI is InChI=1S/C35H68N2O4S/c1-5-6-7-8-9-10-11-12-13-14-15-16-17-18-20-23-26-36(3)34(38)41-32-35(2,39-4)31-40-29-25-22-19-21-24-27-37-28-30-42-33-37/h28,30H,5-27,29,31-33H2,1-4H3. The smallest absolute Gasteiger partial charge is 0.409 e. The van der Waals surface area contributed by atoms with Crippen molar-refractivity contribution >= 4 is 17.9 Å². The molecule has 0 aromatic carbocycles. The van der Waals surface area contributed by atoms with E-state index in [1.807, 2.05) is 25.7 Å². The molecule has 7 heteroatoms. The molecule has 0 aliphatic carbocycles. The maximum atomic E-state index is 12.5. The van der Waals surface area contributed by atoms with Crippen molar-refractivity contribution in [3.05, 3.63) is 11.6 Å². The molecule has 248 valence electrons. The molecule has 1 aliphatic rings. The van der Waals surface area contributed by atoms with Crippen LogP contribution in [0.3, 0.4) is 0 Å². The van der Waals surface area contributed by atoms with Crippen molar-refractivity contribution in [2.24, 2.45) is 0 Å². The molecule has 0 aromatic rings. The number of carbonyl (C=O) groups excluding carboxylic acids is 1. The molecule has 6 nitrogen and oxygen atoms in total. The Kier molecular flexibility index (Phi) is 25.7. The Morgan fingerprint density at radius 3 is 1.83 bits per heavy atom. The predicted octanol–water partition coefficient (Wildman–Crippen LogP) is 10.2. The second kappa shape index (κ2) is 27.6. The normalized spacial score (nSPS) is 14.4. The van der Waals surface area contributed by atoms with Crippen LogP contribution in [-0.2, 0) is 14.2 Å². The maximum absolute atomic E-state index is 12.5. The zero-order valence-corrected chi connectivity index (χ0v) is 29.0. The van der Waals surface area contributed by atoms with E-state index in [0.29, 0.717) is 6.61 Å². The van der Waals surface area contributed by atoms with Crippen LogP contribution >= 0.6 is 11.8 Å². The number of rotatable bonds is 30. The Bertz CT molecular complexity index is 650. The molecule has 0 aromatic heterocycles. The first-order valence-electron chi connectivity index (χ1n) is 17.5. The van der Waals surface area contributed by atoms with Crippen LogP contribution < -0.4 is 0 Å². The highest BCUT2D eigenvalue weighted by molar-refractivity contribution is 8.02. The van der Waals surface area contributed by atoms with Gasteiger partial charge in [0.2, 0.25) is 0 Å². The van der Waals surface area contributed by atoms with Crippen molar-refractivity contribution in [2.75, 3.05) is 52.9 Å². The molecule has 1 atom stereocenters. The topological polar surface area (TPSA) is 51.2 Å². The molecule has 0 saturated carbocycles. The van der Waals surface area contributed by atoms with Crippen molar-refractivity contribution in [1.82, 2.24) is 9.80 Å². The van der Waals surface area contributed by atoms with Gasteiger partial charge in [-0.25, -0.2) is 4.79 Å². The van der Waals surface area contributed by atoms with Crippen molar-refractivity contribution in [3.8, 4) is 0 Å². The Balaban J connectivity index is 1.92. The van der Waals surface area contributed by atoms with Gasteiger partial charge >= 0.3 is 6.09 Å². The second-order valence-corrected chi connectivity index (χ2v) is 13.5. The summed E-state index contributed by atoms with van der Waals surface area (Å²) in [4.78, 5) is 16.6. The van der Waals surface area contributed by atoms with Gasteiger partial charge in [-0.2, -0.15) is 0 Å². The minimum Gasteiger partial charge on any atom is -0.446 e. The molecule has 0 bridgehead atoms. The van der Waals surface area contributed by atoms with Crippen LogP contribution in [0.1, 0.15) is 149 Å². The molecule has 1 unspecified atom stereocenters. The van der Waals surface area contributed by atoms with E-state index in [0.717, 1.165) is 31.9 Å². The summed E-state index contributed by atoms with van der Waals surface area (Å²) < 4.78 is 17.1. The molecular formula is C35H68N2O4S. The van der Waals surface area contributed by atoms with Crippen LogP contribution in [-0.4, -0.2) is 74.4 Å². The summed E-state index contributed by atoms with van der Waals surface area (Å²) in [5.41, 5.74) is -0.619. The highest BCUT2D eigenvalue weighted by atomic mass is 32.2. The van der Waals surface area contributed by atoms with Crippen LogP contribution in [0.15, 0.2) is 11.6 Å². The quantitative estimate of drug-likeness (QED) is 0.0752. The van der Waals surface area contributed by atoms with E-state index in [1.165, 1.54) is 129 Å². The van der Waals surface area contributed by atoms with Crippen molar-refractivity contribution in [1.29, 1.82) is 0 Å². The average molecular weight is 613 g/mol. The molecule has 1 amide bonds. The number of hydrogen-bond donors (Lipinski definition) is 0. The number of ether oxygens (including phenoxy) is 3. The van der Waals surface area contributed by atoms with Gasteiger partial charge in [-0.1, -0.05) is 122 Å². The van der Waals surface area contributed by atoms with Crippen LogP contribution in [0.2, 0.25) is 0 Å². The predicted molar refractivity (Wildman–Crippen MR) is 181 cm³/mol. The minimum absolute atomic E-state index is 0.203. The van der Waals surface area contributed by atoms with E-state index in [4.69, 9.17) is 14.2 Å². The molecule has 0 spiro atoms. The zero-order valence-electron chi connectivity index (χ0n) is 28.2. The zero-order chi connectivity index (χ0) is 30.6. The third-order valence-corrected chi connectivity index (χ3v) is 9.20. The largest absolute Gasteiger partial charge is 0.446 e. The molecule has 0 radical (unpaired) electrons. The van der Waals surface area contributed by atoms with E-state index >= 15 is 0 Å². The lowest BCUT2D eigenvalue weighted by molar-refractivity contribution is -0.0956. The van der Waals surface area contributed by atoms with E-state index in [9.17, 15) is 4.79 Å². The van der Waals surface area contributed by atoms with E-state index in [2.05, 4.69) is 23.4 Å². The van der Waals surface area contributed by atoms with Gasteiger partial charge in [-0.05, 0) is 31.6 Å².